The minimum atomic E-state index is -0.531. The third-order valence-corrected chi connectivity index (χ3v) is 4.33. The van der Waals surface area contributed by atoms with Crippen molar-refractivity contribution >= 4 is 35.1 Å². The Morgan fingerprint density at radius 1 is 0.909 bits per heavy atom. The molecular formula is C23H23N5O5. The van der Waals surface area contributed by atoms with Crippen LogP contribution >= 0.6 is 0 Å². The van der Waals surface area contributed by atoms with E-state index in [1.807, 2.05) is 0 Å². The summed E-state index contributed by atoms with van der Waals surface area (Å²) in [6.45, 7) is -0.139. The van der Waals surface area contributed by atoms with E-state index in [1.165, 1.54) is 7.11 Å². The van der Waals surface area contributed by atoms with Crippen molar-refractivity contribution in [2.24, 2.45) is 0 Å². The molecule has 3 aromatic rings. The van der Waals surface area contributed by atoms with E-state index in [1.54, 1.807) is 67.0 Å². The lowest BCUT2D eigenvalue weighted by molar-refractivity contribution is -0.147. The number of ether oxygens (including phenoxy) is 2. The molecule has 0 aliphatic heterocycles. The first-order chi connectivity index (χ1) is 16.0. The molecule has 0 bridgehead atoms. The second-order valence-corrected chi connectivity index (χ2v) is 6.69. The molecule has 1 aromatic heterocycles. The molecule has 0 saturated carbocycles. The van der Waals surface area contributed by atoms with Gasteiger partial charge in [0, 0.05) is 30.2 Å². The number of carbonyl (C=O) groups excluding carboxylic acids is 3. The van der Waals surface area contributed by atoms with Crippen molar-refractivity contribution in [3.8, 4) is 5.75 Å². The Balaban J connectivity index is 1.41. The number of esters is 1. The standard InChI is InChI=1S/C23H23N5O5/c1-32-19-6-3-2-5-18(19)28-22(31)16-7-9-17(10-8-16)27-20(29)15-33-21(30)11-14-26-23-24-12-4-13-25-23/h2-10,12-13H,11,14-15H2,1H3,(H,27,29)(H,28,31)(H,24,25,26). The van der Waals surface area contributed by atoms with Gasteiger partial charge in [-0.1, -0.05) is 12.1 Å². The van der Waals surface area contributed by atoms with Crippen molar-refractivity contribution in [3.05, 3.63) is 72.6 Å². The molecule has 2 amide bonds. The van der Waals surface area contributed by atoms with Gasteiger partial charge in [0.05, 0.1) is 19.2 Å². The summed E-state index contributed by atoms with van der Waals surface area (Å²) < 4.78 is 10.2. The normalized spacial score (nSPS) is 10.1. The van der Waals surface area contributed by atoms with Crippen molar-refractivity contribution in [2.75, 3.05) is 36.2 Å². The molecule has 0 unspecified atom stereocenters. The molecule has 0 spiro atoms. The van der Waals surface area contributed by atoms with E-state index in [9.17, 15) is 14.4 Å². The first-order valence-electron chi connectivity index (χ1n) is 10.1. The van der Waals surface area contributed by atoms with Crippen molar-refractivity contribution < 1.29 is 23.9 Å². The van der Waals surface area contributed by atoms with Gasteiger partial charge in [-0.15, -0.1) is 0 Å². The summed E-state index contributed by atoms with van der Waals surface area (Å²) in [6.07, 6.45) is 3.22. The fourth-order valence-electron chi connectivity index (χ4n) is 2.73. The predicted molar refractivity (Wildman–Crippen MR) is 122 cm³/mol. The molecule has 2 aromatic carbocycles. The number of amides is 2. The van der Waals surface area contributed by atoms with Gasteiger partial charge in [-0.2, -0.15) is 0 Å². The fourth-order valence-corrected chi connectivity index (χ4v) is 2.73. The number of nitrogens with one attached hydrogen (secondary N) is 3. The molecule has 0 aliphatic carbocycles. The molecule has 0 aliphatic rings. The first kappa shape index (κ1) is 23.2. The highest BCUT2D eigenvalue weighted by Gasteiger charge is 2.11. The van der Waals surface area contributed by atoms with Crippen molar-refractivity contribution in [1.29, 1.82) is 0 Å². The van der Waals surface area contributed by atoms with E-state index in [0.29, 0.717) is 28.6 Å². The zero-order valence-electron chi connectivity index (χ0n) is 17.9. The first-order valence-corrected chi connectivity index (χ1v) is 10.1. The highest BCUT2D eigenvalue weighted by atomic mass is 16.5. The van der Waals surface area contributed by atoms with E-state index in [0.717, 1.165) is 0 Å². The maximum Gasteiger partial charge on any atom is 0.308 e. The van der Waals surface area contributed by atoms with Crippen molar-refractivity contribution in [2.45, 2.75) is 6.42 Å². The van der Waals surface area contributed by atoms with E-state index in [-0.39, 0.29) is 18.9 Å². The lowest BCUT2D eigenvalue weighted by Gasteiger charge is -2.10. The minimum Gasteiger partial charge on any atom is -0.495 e. The zero-order valence-corrected chi connectivity index (χ0v) is 17.9. The lowest BCUT2D eigenvalue weighted by Crippen LogP contribution is -2.22. The number of benzene rings is 2. The van der Waals surface area contributed by atoms with Crippen LogP contribution in [0.5, 0.6) is 5.75 Å². The van der Waals surface area contributed by atoms with Crippen LogP contribution in [0, 0.1) is 0 Å². The predicted octanol–water partition coefficient (Wildman–Crippen LogP) is 2.72. The average molecular weight is 449 g/mol. The second-order valence-electron chi connectivity index (χ2n) is 6.69. The van der Waals surface area contributed by atoms with Crippen molar-refractivity contribution in [1.82, 2.24) is 9.97 Å². The van der Waals surface area contributed by atoms with Gasteiger partial charge in [-0.05, 0) is 42.5 Å². The monoisotopic (exact) mass is 449 g/mol. The van der Waals surface area contributed by atoms with Gasteiger partial charge in [-0.25, -0.2) is 9.97 Å². The summed E-state index contributed by atoms with van der Waals surface area (Å²) in [7, 11) is 1.52. The Kier molecular flexibility index (Phi) is 8.29. The van der Waals surface area contributed by atoms with Crippen molar-refractivity contribution in [3.63, 3.8) is 0 Å². The Hall–Kier alpha value is -4.47. The quantitative estimate of drug-likeness (QED) is 0.403. The average Bonchev–Trinajstić information content (AvgIpc) is 2.84. The molecule has 0 atom stereocenters. The molecule has 0 radical (unpaired) electrons. The molecule has 33 heavy (non-hydrogen) atoms. The topological polar surface area (TPSA) is 132 Å². The molecule has 10 heteroatoms. The van der Waals surface area contributed by atoms with E-state index >= 15 is 0 Å². The molecule has 170 valence electrons. The summed E-state index contributed by atoms with van der Waals surface area (Å²) in [5.74, 6) is -0.386. The fraction of sp³-hybridized carbons (Fsp3) is 0.174. The van der Waals surface area contributed by atoms with Crippen LogP contribution in [0.25, 0.3) is 0 Å². The third-order valence-electron chi connectivity index (χ3n) is 4.33. The van der Waals surface area contributed by atoms with Gasteiger partial charge in [0.2, 0.25) is 5.95 Å². The number of methoxy groups -OCH3 is 1. The Morgan fingerprint density at radius 2 is 1.64 bits per heavy atom. The molecular weight excluding hydrogens is 426 g/mol. The Morgan fingerprint density at radius 3 is 2.36 bits per heavy atom. The number of carbonyl (C=O) groups is 3. The minimum absolute atomic E-state index is 0.0571. The van der Waals surface area contributed by atoms with E-state index < -0.39 is 18.5 Å². The third kappa shape index (κ3) is 7.31. The van der Waals surface area contributed by atoms with Crippen LogP contribution in [-0.4, -0.2) is 48.0 Å². The molecule has 3 rings (SSSR count). The van der Waals surface area contributed by atoms with Crippen LogP contribution in [0.15, 0.2) is 67.0 Å². The summed E-state index contributed by atoms with van der Waals surface area (Å²) in [5.41, 5.74) is 1.42. The molecule has 10 nitrogen and oxygen atoms in total. The summed E-state index contributed by atoms with van der Waals surface area (Å²) >= 11 is 0. The van der Waals surface area contributed by atoms with Crippen LogP contribution in [0.3, 0.4) is 0 Å². The summed E-state index contributed by atoms with van der Waals surface area (Å²) in [4.78, 5) is 44.2. The highest BCUT2D eigenvalue weighted by molar-refractivity contribution is 6.05. The number of rotatable bonds is 10. The number of hydrogen-bond donors (Lipinski definition) is 3. The van der Waals surface area contributed by atoms with Crippen LogP contribution in [0.2, 0.25) is 0 Å². The number of para-hydroxylation sites is 2. The van der Waals surface area contributed by atoms with E-state index in [2.05, 4.69) is 25.9 Å². The highest BCUT2D eigenvalue weighted by Crippen LogP contribution is 2.23. The summed E-state index contributed by atoms with van der Waals surface area (Å²) in [6, 6.07) is 15.1. The van der Waals surface area contributed by atoms with Gasteiger partial charge < -0.3 is 25.4 Å². The van der Waals surface area contributed by atoms with Gasteiger partial charge in [0.15, 0.2) is 6.61 Å². The Bertz CT molecular complexity index is 1090. The maximum absolute atomic E-state index is 12.4. The van der Waals surface area contributed by atoms with Gasteiger partial charge >= 0.3 is 5.97 Å². The number of aromatic nitrogens is 2. The van der Waals surface area contributed by atoms with Crippen LogP contribution in [-0.2, 0) is 14.3 Å². The molecule has 0 saturated heterocycles. The van der Waals surface area contributed by atoms with Gasteiger partial charge in [0.25, 0.3) is 11.8 Å². The second kappa shape index (κ2) is 11.8. The van der Waals surface area contributed by atoms with Crippen LogP contribution in [0.1, 0.15) is 16.8 Å². The SMILES string of the molecule is COc1ccccc1NC(=O)c1ccc(NC(=O)COC(=O)CCNc2ncccn2)cc1. The molecule has 0 fully saturated rings. The molecule has 3 N–H and O–H groups in total. The Labute approximate surface area is 190 Å². The lowest BCUT2D eigenvalue weighted by atomic mass is 10.2. The van der Waals surface area contributed by atoms with Crippen LogP contribution in [0.4, 0.5) is 17.3 Å². The maximum atomic E-state index is 12.4. The van der Waals surface area contributed by atoms with Gasteiger partial charge in [-0.3, -0.25) is 14.4 Å². The largest absolute Gasteiger partial charge is 0.495 e. The zero-order chi connectivity index (χ0) is 23.5. The number of hydrogen-bond acceptors (Lipinski definition) is 8. The number of nitrogens with zero attached hydrogens (tertiary/aromatic N) is 2. The molecule has 1 heterocycles. The number of anilines is 3. The summed E-state index contributed by atoms with van der Waals surface area (Å²) in [5, 5.41) is 8.26. The van der Waals surface area contributed by atoms with Gasteiger partial charge in [0.1, 0.15) is 5.75 Å². The van der Waals surface area contributed by atoms with Crippen LogP contribution < -0.4 is 20.7 Å². The van der Waals surface area contributed by atoms with E-state index in [4.69, 9.17) is 9.47 Å². The smallest absolute Gasteiger partial charge is 0.308 e.